The van der Waals surface area contributed by atoms with Gasteiger partial charge in [-0.25, -0.2) is 0 Å². The number of carbonyl (C=O) groups excluding carboxylic acids is 1. The molecule has 18 heavy (non-hydrogen) atoms. The molecule has 0 saturated carbocycles. The van der Waals surface area contributed by atoms with E-state index < -0.39 is 5.60 Å². The maximum absolute atomic E-state index is 11.9. The number of rotatable bonds is 3. The summed E-state index contributed by atoms with van der Waals surface area (Å²) < 4.78 is 5.20. The maximum Gasteiger partial charge on any atom is 0.251 e. The quantitative estimate of drug-likeness (QED) is 0.848. The van der Waals surface area contributed by atoms with E-state index in [-0.39, 0.29) is 12.5 Å². The van der Waals surface area contributed by atoms with Gasteiger partial charge in [0.05, 0.1) is 5.60 Å². The van der Waals surface area contributed by atoms with E-state index in [2.05, 4.69) is 5.32 Å². The molecule has 2 rings (SSSR count). The van der Waals surface area contributed by atoms with Gasteiger partial charge in [0.25, 0.3) is 5.91 Å². The van der Waals surface area contributed by atoms with Crippen molar-refractivity contribution in [1.29, 1.82) is 0 Å². The van der Waals surface area contributed by atoms with E-state index in [9.17, 15) is 9.90 Å². The van der Waals surface area contributed by atoms with Crippen LogP contribution in [0.15, 0.2) is 24.3 Å². The van der Waals surface area contributed by atoms with E-state index in [1.54, 1.807) is 6.07 Å². The highest BCUT2D eigenvalue weighted by molar-refractivity contribution is 5.94. The molecule has 1 aliphatic heterocycles. The van der Waals surface area contributed by atoms with E-state index in [1.807, 2.05) is 25.1 Å². The Balaban J connectivity index is 1.92. The van der Waals surface area contributed by atoms with Crippen LogP contribution in [0.2, 0.25) is 0 Å². The molecule has 1 aliphatic rings. The molecule has 0 unspecified atom stereocenters. The van der Waals surface area contributed by atoms with Crippen molar-refractivity contribution in [2.24, 2.45) is 0 Å². The number of aryl methyl sites for hydroxylation is 1. The molecular formula is C14H19NO3. The first-order valence-electron chi connectivity index (χ1n) is 6.24. The van der Waals surface area contributed by atoms with Crippen molar-refractivity contribution in [3.05, 3.63) is 35.4 Å². The van der Waals surface area contributed by atoms with Crippen molar-refractivity contribution in [2.45, 2.75) is 25.4 Å². The van der Waals surface area contributed by atoms with Gasteiger partial charge in [-0.2, -0.15) is 0 Å². The van der Waals surface area contributed by atoms with Crippen LogP contribution >= 0.6 is 0 Å². The summed E-state index contributed by atoms with van der Waals surface area (Å²) in [4.78, 5) is 11.9. The van der Waals surface area contributed by atoms with Crippen LogP contribution in [0.1, 0.15) is 28.8 Å². The zero-order valence-electron chi connectivity index (χ0n) is 10.6. The van der Waals surface area contributed by atoms with Crippen molar-refractivity contribution in [3.63, 3.8) is 0 Å². The zero-order valence-corrected chi connectivity index (χ0v) is 10.6. The highest BCUT2D eigenvalue weighted by atomic mass is 16.5. The molecule has 0 spiro atoms. The highest BCUT2D eigenvalue weighted by Gasteiger charge is 2.30. The van der Waals surface area contributed by atoms with Gasteiger partial charge in [-0.1, -0.05) is 17.7 Å². The summed E-state index contributed by atoms with van der Waals surface area (Å²) in [6.45, 7) is 3.33. The average Bonchev–Trinajstić information content (AvgIpc) is 2.37. The number of carbonyl (C=O) groups is 1. The van der Waals surface area contributed by atoms with E-state index >= 15 is 0 Å². The number of benzene rings is 1. The van der Waals surface area contributed by atoms with Gasteiger partial charge in [0.15, 0.2) is 0 Å². The number of hydrogen-bond donors (Lipinski definition) is 2. The highest BCUT2D eigenvalue weighted by Crippen LogP contribution is 2.19. The summed E-state index contributed by atoms with van der Waals surface area (Å²) in [5.74, 6) is -0.140. The summed E-state index contributed by atoms with van der Waals surface area (Å²) in [6.07, 6.45) is 1.14. The Morgan fingerprint density at radius 2 is 2.17 bits per heavy atom. The number of ether oxygens (including phenoxy) is 1. The largest absolute Gasteiger partial charge is 0.388 e. The molecular weight excluding hydrogens is 230 g/mol. The van der Waals surface area contributed by atoms with Gasteiger partial charge < -0.3 is 15.2 Å². The lowest BCUT2D eigenvalue weighted by molar-refractivity contribution is -0.0605. The molecule has 1 aromatic rings. The minimum absolute atomic E-state index is 0.140. The van der Waals surface area contributed by atoms with Crippen LogP contribution in [0, 0.1) is 6.92 Å². The lowest BCUT2D eigenvalue weighted by Gasteiger charge is -2.32. The minimum atomic E-state index is -0.822. The summed E-state index contributed by atoms with van der Waals surface area (Å²) in [5.41, 5.74) is 0.857. The molecule has 0 aromatic heterocycles. The van der Waals surface area contributed by atoms with E-state index in [4.69, 9.17) is 4.74 Å². The molecule has 0 atom stereocenters. The van der Waals surface area contributed by atoms with Crippen LogP contribution in [0.3, 0.4) is 0 Å². The Hall–Kier alpha value is -1.39. The van der Waals surface area contributed by atoms with Gasteiger partial charge in [0.2, 0.25) is 0 Å². The zero-order chi connectivity index (χ0) is 13.0. The van der Waals surface area contributed by atoms with E-state index in [0.717, 1.165) is 5.56 Å². The van der Waals surface area contributed by atoms with Crippen LogP contribution in [-0.2, 0) is 4.74 Å². The molecule has 0 bridgehead atoms. The van der Waals surface area contributed by atoms with E-state index in [0.29, 0.717) is 31.6 Å². The van der Waals surface area contributed by atoms with Gasteiger partial charge in [0.1, 0.15) is 0 Å². The van der Waals surface area contributed by atoms with Crippen LogP contribution in [0.5, 0.6) is 0 Å². The van der Waals surface area contributed by atoms with Gasteiger partial charge in [0, 0.05) is 38.2 Å². The third-order valence-corrected chi connectivity index (χ3v) is 3.28. The fraction of sp³-hybridized carbons (Fsp3) is 0.500. The van der Waals surface area contributed by atoms with Gasteiger partial charge in [-0.05, 0) is 19.1 Å². The topological polar surface area (TPSA) is 58.6 Å². The van der Waals surface area contributed by atoms with E-state index in [1.165, 1.54) is 0 Å². The molecule has 2 N–H and O–H groups in total. The summed E-state index contributed by atoms with van der Waals surface area (Å²) in [5, 5.41) is 13.0. The fourth-order valence-corrected chi connectivity index (χ4v) is 2.06. The Kier molecular flexibility index (Phi) is 3.99. The molecule has 1 fully saturated rings. The normalized spacial score (nSPS) is 18.3. The molecule has 1 heterocycles. The second kappa shape index (κ2) is 5.50. The molecule has 1 saturated heterocycles. The molecule has 1 amide bonds. The molecule has 0 radical (unpaired) electrons. The molecule has 98 valence electrons. The first-order chi connectivity index (χ1) is 8.59. The fourth-order valence-electron chi connectivity index (χ4n) is 2.06. The first-order valence-corrected chi connectivity index (χ1v) is 6.24. The summed E-state index contributed by atoms with van der Waals surface area (Å²) in [7, 11) is 0. The third kappa shape index (κ3) is 3.31. The van der Waals surface area contributed by atoms with Gasteiger partial charge >= 0.3 is 0 Å². The van der Waals surface area contributed by atoms with Gasteiger partial charge in [-0.3, -0.25) is 4.79 Å². The predicted octanol–water partition coefficient (Wildman–Crippen LogP) is 1.27. The molecule has 1 aromatic carbocycles. The Bertz CT molecular complexity index is 425. The van der Waals surface area contributed by atoms with Crippen molar-refractivity contribution >= 4 is 5.91 Å². The Labute approximate surface area is 107 Å². The van der Waals surface area contributed by atoms with Crippen molar-refractivity contribution in [1.82, 2.24) is 5.32 Å². The lowest BCUT2D eigenvalue weighted by Crippen LogP contribution is -2.46. The van der Waals surface area contributed by atoms with Crippen LogP contribution in [0.25, 0.3) is 0 Å². The van der Waals surface area contributed by atoms with Crippen molar-refractivity contribution in [2.75, 3.05) is 19.8 Å². The number of hydrogen-bond acceptors (Lipinski definition) is 3. The number of amides is 1. The Morgan fingerprint density at radius 1 is 1.44 bits per heavy atom. The van der Waals surface area contributed by atoms with Crippen molar-refractivity contribution in [3.8, 4) is 0 Å². The van der Waals surface area contributed by atoms with Gasteiger partial charge in [-0.15, -0.1) is 0 Å². The summed E-state index contributed by atoms with van der Waals surface area (Å²) >= 11 is 0. The van der Waals surface area contributed by atoms with Crippen molar-refractivity contribution < 1.29 is 14.6 Å². The second-order valence-corrected chi connectivity index (χ2v) is 4.89. The second-order valence-electron chi connectivity index (χ2n) is 4.89. The first kappa shape index (κ1) is 13.1. The lowest BCUT2D eigenvalue weighted by atomic mass is 9.94. The minimum Gasteiger partial charge on any atom is -0.388 e. The predicted molar refractivity (Wildman–Crippen MR) is 68.5 cm³/mol. The smallest absolute Gasteiger partial charge is 0.251 e. The number of nitrogens with one attached hydrogen (secondary N) is 1. The third-order valence-electron chi connectivity index (χ3n) is 3.28. The SMILES string of the molecule is Cc1cccc(C(=O)NCC2(O)CCOCC2)c1. The number of aliphatic hydroxyl groups is 1. The maximum atomic E-state index is 11.9. The van der Waals surface area contributed by atoms with Crippen LogP contribution in [-0.4, -0.2) is 36.4 Å². The monoisotopic (exact) mass is 249 g/mol. The molecule has 4 nitrogen and oxygen atoms in total. The summed E-state index contributed by atoms with van der Waals surface area (Å²) in [6, 6.07) is 7.41. The molecule has 0 aliphatic carbocycles. The Morgan fingerprint density at radius 3 is 2.83 bits per heavy atom. The average molecular weight is 249 g/mol. The standard InChI is InChI=1S/C14H19NO3/c1-11-3-2-4-12(9-11)13(16)15-10-14(17)5-7-18-8-6-14/h2-4,9,17H,5-8,10H2,1H3,(H,15,16). The van der Waals surface area contributed by atoms with Crippen LogP contribution < -0.4 is 5.32 Å². The molecule has 4 heteroatoms. The van der Waals surface area contributed by atoms with Crippen LogP contribution in [0.4, 0.5) is 0 Å².